The van der Waals surface area contributed by atoms with Gasteiger partial charge >= 0.3 is 0 Å². The van der Waals surface area contributed by atoms with Gasteiger partial charge in [0, 0.05) is 16.7 Å². The second-order valence-electron chi connectivity index (χ2n) is 22.0. The molecule has 0 fully saturated rings. The van der Waals surface area contributed by atoms with E-state index in [1.807, 2.05) is 0 Å². The first-order valence-corrected chi connectivity index (χ1v) is 25.9. The SMILES string of the molecule is CC(C)(C)c1ccc2c(c1)C1(c3ccccc3N(c3ccc4c(c3)[Si]3(c5ccccc5-c5ccccc53)c3ccccc3-4)c3ccc4ccccc4c31)c1cc(C(C)(C)C)ccc1C2(C)C. The second kappa shape index (κ2) is 13.2. The summed E-state index contributed by atoms with van der Waals surface area (Å²) < 4.78 is 0. The van der Waals surface area contributed by atoms with E-state index in [9.17, 15) is 0 Å². The first-order chi connectivity index (χ1) is 31.8. The van der Waals surface area contributed by atoms with Crippen molar-refractivity contribution in [2.75, 3.05) is 4.90 Å². The molecule has 0 bridgehead atoms. The molecule has 1 aliphatic carbocycles. The van der Waals surface area contributed by atoms with Crippen LogP contribution in [0, 0.1) is 0 Å². The van der Waals surface area contributed by atoms with Gasteiger partial charge in [0.2, 0.25) is 0 Å². The minimum atomic E-state index is -2.70. The lowest BCUT2D eigenvalue weighted by Gasteiger charge is -2.53. The summed E-state index contributed by atoms with van der Waals surface area (Å²) in [7, 11) is -2.70. The molecule has 0 N–H and O–H groups in total. The van der Waals surface area contributed by atoms with Gasteiger partial charge in [-0.2, -0.15) is 0 Å². The molecule has 0 saturated carbocycles. The van der Waals surface area contributed by atoms with E-state index < -0.39 is 13.5 Å². The van der Waals surface area contributed by atoms with Gasteiger partial charge in [-0.05, 0) is 128 Å². The van der Waals surface area contributed by atoms with E-state index >= 15 is 0 Å². The predicted octanol–water partition coefficient (Wildman–Crippen LogP) is 13.6. The fourth-order valence-corrected chi connectivity index (χ4v) is 18.8. The van der Waals surface area contributed by atoms with Crippen LogP contribution in [-0.2, 0) is 21.7 Å². The number of anilines is 3. The largest absolute Gasteiger partial charge is 0.310 e. The number of fused-ring (bicyclic) bond motifs is 20. The van der Waals surface area contributed by atoms with Crippen molar-refractivity contribution in [2.24, 2.45) is 0 Å². The zero-order valence-corrected chi connectivity index (χ0v) is 40.3. The van der Waals surface area contributed by atoms with Crippen LogP contribution in [0.25, 0.3) is 33.0 Å². The molecule has 13 rings (SSSR count). The molecule has 1 nitrogen and oxygen atoms in total. The van der Waals surface area contributed by atoms with E-state index in [4.69, 9.17) is 0 Å². The lowest BCUT2D eigenvalue weighted by atomic mass is 9.51. The van der Waals surface area contributed by atoms with Gasteiger partial charge in [-0.25, -0.2) is 0 Å². The third-order valence-corrected chi connectivity index (χ3v) is 21.2. The zero-order valence-electron chi connectivity index (χ0n) is 39.3. The quantitative estimate of drug-likeness (QED) is 0.149. The Kier molecular flexibility index (Phi) is 7.93. The Hall–Kier alpha value is -6.74. The fraction of sp³-hybridized carbons (Fsp3) is 0.188. The van der Waals surface area contributed by atoms with Crippen molar-refractivity contribution in [1.29, 1.82) is 0 Å². The Labute approximate surface area is 391 Å². The Morgan fingerprint density at radius 3 is 1.47 bits per heavy atom. The minimum Gasteiger partial charge on any atom is -0.310 e. The summed E-state index contributed by atoms with van der Waals surface area (Å²) >= 11 is 0. The van der Waals surface area contributed by atoms with Gasteiger partial charge in [0.05, 0.1) is 16.8 Å². The maximum Gasteiger partial charge on any atom is 0.182 e. The number of rotatable bonds is 1. The summed E-state index contributed by atoms with van der Waals surface area (Å²) in [6.07, 6.45) is 0. The highest BCUT2D eigenvalue weighted by Crippen LogP contribution is 2.64. The first-order valence-electron chi connectivity index (χ1n) is 23.9. The van der Waals surface area contributed by atoms with Gasteiger partial charge in [-0.1, -0.05) is 219 Å². The number of nitrogens with zero attached hydrogens (tertiary/aromatic N) is 1. The number of para-hydroxylation sites is 1. The summed E-state index contributed by atoms with van der Waals surface area (Å²) in [6.45, 7) is 19.1. The van der Waals surface area contributed by atoms with Crippen LogP contribution in [0.2, 0.25) is 0 Å². The van der Waals surface area contributed by atoms with Gasteiger partial charge in [0.1, 0.15) is 0 Å². The molecule has 2 heteroatoms. The molecular formula is C64H55NSi. The van der Waals surface area contributed by atoms with E-state index in [1.54, 1.807) is 0 Å². The van der Waals surface area contributed by atoms with Crippen LogP contribution in [0.1, 0.15) is 99.9 Å². The van der Waals surface area contributed by atoms with Crippen molar-refractivity contribution < 1.29 is 0 Å². The van der Waals surface area contributed by atoms with E-state index in [1.165, 1.54) is 115 Å². The van der Waals surface area contributed by atoms with E-state index in [0.717, 1.165) is 0 Å². The molecule has 0 atom stereocenters. The molecule has 2 spiro atoms. The molecule has 3 aliphatic heterocycles. The summed E-state index contributed by atoms with van der Waals surface area (Å²) in [4.78, 5) is 2.64. The highest BCUT2D eigenvalue weighted by molar-refractivity contribution is 7.24. The van der Waals surface area contributed by atoms with Gasteiger partial charge in [0.15, 0.2) is 8.07 Å². The van der Waals surface area contributed by atoms with Crippen LogP contribution in [0.5, 0.6) is 0 Å². The van der Waals surface area contributed by atoms with Crippen molar-refractivity contribution >= 4 is 56.7 Å². The first kappa shape index (κ1) is 39.6. The van der Waals surface area contributed by atoms with Crippen molar-refractivity contribution in [3.05, 3.63) is 233 Å². The standard InChI is InChI=1S/C64H55NSi/c1-61(2,3)41-30-34-49-52(37-41)64(53-38-42(62(4,5)6)31-35-50(53)63(49,7)8)51-24-14-15-25-54(51)65(55-36-29-40-19-9-10-20-44(40)60(55)64)43-32-33-48-47-23-13-18-28-58(47)66(59(48)39-43)56-26-16-11-21-45(56)46-22-12-17-27-57(46)66/h9-39H,1-8H3. The molecule has 9 aromatic carbocycles. The van der Waals surface area contributed by atoms with E-state index in [-0.39, 0.29) is 16.2 Å². The Morgan fingerprint density at radius 1 is 0.394 bits per heavy atom. The molecule has 0 aromatic heterocycles. The maximum atomic E-state index is 2.64. The molecule has 0 saturated heterocycles. The average Bonchev–Trinajstić information content (AvgIpc) is 3.79. The van der Waals surface area contributed by atoms with Crippen LogP contribution in [0.15, 0.2) is 188 Å². The highest BCUT2D eigenvalue weighted by atomic mass is 28.3. The number of benzene rings is 9. The molecule has 320 valence electrons. The Morgan fingerprint density at radius 2 is 0.894 bits per heavy atom. The summed E-state index contributed by atoms with van der Waals surface area (Å²) in [6, 6.07) is 73.8. The molecule has 4 aliphatic rings. The van der Waals surface area contributed by atoms with Gasteiger partial charge in [-0.3, -0.25) is 0 Å². The molecule has 0 unspecified atom stereocenters. The summed E-state index contributed by atoms with van der Waals surface area (Å²) in [5.74, 6) is 0. The van der Waals surface area contributed by atoms with Crippen LogP contribution in [0.4, 0.5) is 17.1 Å². The number of hydrogen-bond donors (Lipinski definition) is 0. The van der Waals surface area contributed by atoms with Gasteiger partial charge < -0.3 is 4.90 Å². The zero-order chi connectivity index (χ0) is 45.1. The Balaban J connectivity index is 1.17. The average molecular weight is 866 g/mol. The topological polar surface area (TPSA) is 3.24 Å². The van der Waals surface area contributed by atoms with Crippen LogP contribution >= 0.6 is 0 Å². The fourth-order valence-electron chi connectivity index (χ4n) is 13.2. The maximum absolute atomic E-state index is 2.70. The Bertz CT molecular complexity index is 3420. The lowest BCUT2D eigenvalue weighted by Crippen LogP contribution is -2.70. The van der Waals surface area contributed by atoms with Crippen molar-refractivity contribution in [3.63, 3.8) is 0 Å². The van der Waals surface area contributed by atoms with E-state index in [2.05, 4.69) is 248 Å². The predicted molar refractivity (Wildman–Crippen MR) is 282 cm³/mol. The highest BCUT2D eigenvalue weighted by Gasteiger charge is 2.57. The lowest BCUT2D eigenvalue weighted by molar-refractivity contribution is 0.540. The third kappa shape index (κ3) is 4.90. The third-order valence-electron chi connectivity index (χ3n) is 16.2. The van der Waals surface area contributed by atoms with Crippen LogP contribution in [0.3, 0.4) is 0 Å². The van der Waals surface area contributed by atoms with Gasteiger partial charge in [-0.15, -0.1) is 0 Å². The van der Waals surface area contributed by atoms with Crippen LogP contribution in [-0.4, -0.2) is 8.07 Å². The summed E-state index contributed by atoms with van der Waals surface area (Å²) in [5, 5.41) is 8.55. The molecule has 9 aromatic rings. The normalized spacial score (nSPS) is 16.2. The minimum absolute atomic E-state index is 0.0466. The molecular weight excluding hydrogens is 811 g/mol. The van der Waals surface area contributed by atoms with Crippen molar-refractivity contribution in [2.45, 2.75) is 77.0 Å². The number of hydrogen-bond acceptors (Lipinski definition) is 1. The smallest absolute Gasteiger partial charge is 0.182 e. The van der Waals surface area contributed by atoms with Crippen LogP contribution < -0.4 is 25.6 Å². The van der Waals surface area contributed by atoms with Crippen molar-refractivity contribution in [1.82, 2.24) is 0 Å². The van der Waals surface area contributed by atoms with Gasteiger partial charge in [0.25, 0.3) is 0 Å². The summed E-state index contributed by atoms with van der Waals surface area (Å²) in [5.41, 5.74) is 19.3. The molecule has 66 heavy (non-hydrogen) atoms. The molecule has 0 radical (unpaired) electrons. The molecule has 0 amide bonds. The van der Waals surface area contributed by atoms with E-state index in [0.29, 0.717) is 0 Å². The molecule has 3 heterocycles. The monoisotopic (exact) mass is 865 g/mol. The van der Waals surface area contributed by atoms with Crippen molar-refractivity contribution in [3.8, 4) is 22.3 Å². The second-order valence-corrected chi connectivity index (χ2v) is 25.7.